The van der Waals surface area contributed by atoms with Crippen LogP contribution in [-0.4, -0.2) is 25.0 Å². The van der Waals surface area contributed by atoms with Crippen molar-refractivity contribution in [3.05, 3.63) is 201 Å². The molecule has 8 aromatic carbocycles. The lowest BCUT2D eigenvalue weighted by Gasteiger charge is -2.34. The van der Waals surface area contributed by atoms with Gasteiger partial charge in [-0.25, -0.2) is 0 Å². The van der Waals surface area contributed by atoms with Crippen molar-refractivity contribution < 1.29 is 19.1 Å². The van der Waals surface area contributed by atoms with Gasteiger partial charge in [0.15, 0.2) is 13.2 Å². The van der Waals surface area contributed by atoms with Crippen molar-refractivity contribution in [3.8, 4) is 22.6 Å². The van der Waals surface area contributed by atoms with E-state index in [1.165, 1.54) is 0 Å². The zero-order chi connectivity index (χ0) is 38.9. The third-order valence-electron chi connectivity index (χ3n) is 10.5. The fourth-order valence-corrected chi connectivity index (χ4v) is 9.18. The zero-order valence-corrected chi connectivity index (χ0v) is 33.6. The number of anilines is 2. The van der Waals surface area contributed by atoms with E-state index >= 15 is 0 Å². The minimum absolute atomic E-state index is 0.140. The summed E-state index contributed by atoms with van der Waals surface area (Å²) in [5.41, 5.74) is 7.39. The zero-order valence-electron chi connectivity index (χ0n) is 30.5. The van der Waals surface area contributed by atoms with Gasteiger partial charge in [-0.15, -0.1) is 0 Å². The van der Waals surface area contributed by atoms with Crippen LogP contribution < -0.4 is 20.1 Å². The summed E-state index contributed by atoms with van der Waals surface area (Å²) < 4.78 is 13.5. The minimum atomic E-state index is -0.658. The third-order valence-corrected chi connectivity index (χ3v) is 12.2. The van der Waals surface area contributed by atoms with Crippen molar-refractivity contribution in [2.45, 2.75) is 5.41 Å². The summed E-state index contributed by atoms with van der Waals surface area (Å²) >= 11 is 7.28. The van der Waals surface area contributed by atoms with Gasteiger partial charge in [0.05, 0.1) is 14.4 Å². The van der Waals surface area contributed by atoms with Gasteiger partial charge in [0.2, 0.25) is 0 Å². The Morgan fingerprint density at radius 3 is 1.28 bits per heavy atom. The summed E-state index contributed by atoms with van der Waals surface area (Å²) in [6.45, 7) is -0.279. The van der Waals surface area contributed by atoms with Gasteiger partial charge in [0, 0.05) is 11.4 Å². The Morgan fingerprint density at radius 1 is 0.456 bits per heavy atom. The van der Waals surface area contributed by atoms with E-state index in [4.69, 9.17) is 9.47 Å². The first-order valence-electron chi connectivity index (χ1n) is 18.5. The van der Waals surface area contributed by atoms with Crippen molar-refractivity contribution in [3.63, 3.8) is 0 Å². The highest BCUT2D eigenvalue weighted by molar-refractivity contribution is 9.11. The van der Waals surface area contributed by atoms with Crippen LogP contribution >= 0.6 is 31.9 Å². The van der Waals surface area contributed by atoms with E-state index in [1.54, 1.807) is 0 Å². The maximum atomic E-state index is 13.1. The van der Waals surface area contributed by atoms with Crippen molar-refractivity contribution in [1.29, 1.82) is 0 Å². The molecule has 1 aliphatic carbocycles. The smallest absolute Gasteiger partial charge is 0.262 e. The van der Waals surface area contributed by atoms with Gasteiger partial charge in [-0.05, 0) is 123 Å². The molecule has 0 saturated carbocycles. The number of amides is 2. The van der Waals surface area contributed by atoms with Gasteiger partial charge >= 0.3 is 0 Å². The molecule has 0 radical (unpaired) electrons. The average molecular weight is 875 g/mol. The van der Waals surface area contributed by atoms with Crippen molar-refractivity contribution in [1.82, 2.24) is 0 Å². The maximum Gasteiger partial charge on any atom is 0.262 e. The molecule has 0 atom stereocenters. The number of rotatable bonds is 10. The molecule has 0 spiro atoms. The number of fused-ring (bicyclic) bond motifs is 5. The third kappa shape index (κ3) is 6.75. The van der Waals surface area contributed by atoms with E-state index in [9.17, 15) is 9.59 Å². The van der Waals surface area contributed by atoms with Gasteiger partial charge in [-0.2, -0.15) is 0 Å². The summed E-state index contributed by atoms with van der Waals surface area (Å²) in [6, 6.07) is 56.8. The van der Waals surface area contributed by atoms with E-state index < -0.39 is 5.41 Å². The molecule has 0 unspecified atom stereocenters. The summed E-state index contributed by atoms with van der Waals surface area (Å²) in [7, 11) is 0. The molecular formula is C49H34Br2N2O4. The Morgan fingerprint density at radius 2 is 0.842 bits per heavy atom. The Labute approximate surface area is 346 Å². The standard InChI is InChI=1S/C49H34Br2N2O4/c50-47-37-11-3-1-9-31(37)17-27-43(47)56-29-45(54)52-35-23-19-33(20-24-35)49(41-15-7-5-13-39(41)40-14-6-8-16-42(40)49)34-21-25-36(26-22-34)53-46(55)30-57-44-28-18-32-10-2-4-12-38(32)48(44)51/h1-28H,29-30H2,(H,52,54)(H,53,55). The molecule has 8 heteroatoms. The van der Waals surface area contributed by atoms with Crippen molar-refractivity contribution >= 4 is 76.6 Å². The van der Waals surface area contributed by atoms with Crippen molar-refractivity contribution in [2.24, 2.45) is 0 Å². The SMILES string of the molecule is O=C(COc1ccc2ccccc2c1Br)Nc1ccc(C2(c3ccc(NC(=O)COc4ccc5ccccc5c4Br)cc3)c3ccccc3-c3ccccc32)cc1. The predicted octanol–water partition coefficient (Wildman–Crippen LogP) is 11.9. The first-order chi connectivity index (χ1) is 27.9. The summed E-state index contributed by atoms with van der Waals surface area (Å²) in [4.78, 5) is 26.2. The lowest BCUT2D eigenvalue weighted by molar-refractivity contribution is -0.118. The van der Waals surface area contributed by atoms with Crippen LogP contribution in [0.3, 0.4) is 0 Å². The van der Waals surface area contributed by atoms with Crippen LogP contribution in [-0.2, 0) is 15.0 Å². The molecule has 0 heterocycles. The van der Waals surface area contributed by atoms with Crippen LogP contribution in [0.4, 0.5) is 11.4 Å². The Kier molecular flexibility index (Phi) is 9.82. The van der Waals surface area contributed by atoms with Crippen LogP contribution in [0, 0.1) is 0 Å². The highest BCUT2D eigenvalue weighted by Gasteiger charge is 2.45. The molecule has 0 aliphatic heterocycles. The van der Waals surface area contributed by atoms with E-state index in [0.717, 1.165) is 63.9 Å². The molecule has 8 aromatic rings. The fourth-order valence-electron chi connectivity index (χ4n) is 7.96. The summed E-state index contributed by atoms with van der Waals surface area (Å²) in [5, 5.41) is 10.2. The molecule has 0 bridgehead atoms. The van der Waals surface area contributed by atoms with Crippen LogP contribution in [0.1, 0.15) is 22.3 Å². The van der Waals surface area contributed by atoms with Crippen LogP contribution in [0.2, 0.25) is 0 Å². The fraction of sp³-hybridized carbons (Fsp3) is 0.0612. The summed E-state index contributed by atoms with van der Waals surface area (Å²) in [6.07, 6.45) is 0. The quantitative estimate of drug-likeness (QED) is 0.143. The number of carbonyl (C=O) groups excluding carboxylic acids is 2. The van der Waals surface area contributed by atoms with Crippen LogP contribution in [0.15, 0.2) is 179 Å². The number of benzene rings is 8. The van der Waals surface area contributed by atoms with Gasteiger partial charge < -0.3 is 20.1 Å². The molecule has 0 saturated heterocycles. The summed E-state index contributed by atoms with van der Waals surface area (Å²) in [5.74, 6) is 0.685. The second-order valence-electron chi connectivity index (χ2n) is 13.9. The molecule has 57 heavy (non-hydrogen) atoms. The molecule has 278 valence electrons. The van der Waals surface area contributed by atoms with Gasteiger partial charge in [-0.3, -0.25) is 9.59 Å². The molecule has 9 rings (SSSR count). The van der Waals surface area contributed by atoms with Gasteiger partial charge in [0.25, 0.3) is 11.8 Å². The molecule has 1 aliphatic rings. The monoisotopic (exact) mass is 872 g/mol. The normalized spacial score (nSPS) is 12.5. The van der Waals surface area contributed by atoms with Crippen LogP contribution in [0.25, 0.3) is 32.7 Å². The van der Waals surface area contributed by atoms with E-state index in [0.29, 0.717) is 22.9 Å². The molecule has 6 nitrogen and oxygen atoms in total. The Balaban J connectivity index is 0.960. The molecule has 0 fully saturated rings. The van der Waals surface area contributed by atoms with Crippen molar-refractivity contribution in [2.75, 3.05) is 23.8 Å². The Bertz CT molecular complexity index is 2630. The second-order valence-corrected chi connectivity index (χ2v) is 15.5. The van der Waals surface area contributed by atoms with E-state index in [2.05, 4.69) is 115 Å². The maximum absolute atomic E-state index is 13.1. The highest BCUT2D eigenvalue weighted by atomic mass is 79.9. The molecule has 2 N–H and O–H groups in total. The second kappa shape index (κ2) is 15.4. The lowest BCUT2D eigenvalue weighted by atomic mass is 9.67. The minimum Gasteiger partial charge on any atom is -0.483 e. The van der Waals surface area contributed by atoms with E-state index in [1.807, 2.05) is 97.1 Å². The molecular weight excluding hydrogens is 840 g/mol. The van der Waals surface area contributed by atoms with Gasteiger partial charge in [0.1, 0.15) is 11.5 Å². The Hall–Kier alpha value is -6.22. The van der Waals surface area contributed by atoms with Gasteiger partial charge in [-0.1, -0.05) is 133 Å². The number of carbonyl (C=O) groups is 2. The first-order valence-corrected chi connectivity index (χ1v) is 20.1. The van der Waals surface area contributed by atoms with E-state index in [-0.39, 0.29) is 25.0 Å². The number of halogens is 2. The molecule has 2 amide bonds. The largest absolute Gasteiger partial charge is 0.483 e. The topological polar surface area (TPSA) is 76.7 Å². The predicted molar refractivity (Wildman–Crippen MR) is 235 cm³/mol. The number of ether oxygens (including phenoxy) is 2. The average Bonchev–Trinajstić information content (AvgIpc) is 3.55. The number of nitrogens with one attached hydrogen (secondary N) is 2. The first kappa shape index (κ1) is 36.4. The highest BCUT2D eigenvalue weighted by Crippen LogP contribution is 2.56. The van der Waals surface area contributed by atoms with Crippen LogP contribution in [0.5, 0.6) is 11.5 Å². The molecule has 0 aromatic heterocycles. The number of hydrogen-bond acceptors (Lipinski definition) is 4. The lowest BCUT2D eigenvalue weighted by Crippen LogP contribution is -2.28. The number of hydrogen-bond donors (Lipinski definition) is 2.